The van der Waals surface area contributed by atoms with Crippen LogP contribution in [0.15, 0.2) is 36.7 Å². The summed E-state index contributed by atoms with van der Waals surface area (Å²) < 4.78 is 7.86. The molecular weight excluding hydrogens is 314 g/mol. The minimum absolute atomic E-state index is 0.428. The Kier molecular flexibility index (Phi) is 3.21. The number of nitrogens with zero attached hydrogens (tertiary/aromatic N) is 4. The van der Waals surface area contributed by atoms with Crippen LogP contribution in [0.25, 0.3) is 22.3 Å². The monoisotopic (exact) mass is 335 g/mol. The minimum atomic E-state index is 0.428. The van der Waals surface area contributed by atoms with Crippen LogP contribution in [0.1, 0.15) is 12.8 Å². The molecule has 0 saturated carbocycles. The molecule has 0 radical (unpaired) electrons. The minimum Gasteiger partial charge on any atom is -0.399 e. The molecule has 0 spiro atoms. The Labute approximate surface area is 146 Å². The zero-order chi connectivity index (χ0) is 17.0. The molecule has 3 aromatic rings. The van der Waals surface area contributed by atoms with Crippen molar-refractivity contribution < 1.29 is 4.74 Å². The Morgan fingerprint density at radius 1 is 1.08 bits per heavy atom. The number of ether oxygens (including phenoxy) is 1. The van der Waals surface area contributed by atoms with E-state index < -0.39 is 0 Å². The molecule has 4 heterocycles. The van der Waals surface area contributed by atoms with E-state index in [2.05, 4.69) is 44.7 Å². The second-order valence-electron chi connectivity index (χ2n) is 6.97. The molecule has 2 aliphatic heterocycles. The average molecular weight is 335 g/mol. The Morgan fingerprint density at radius 2 is 1.80 bits per heavy atom. The first-order valence-electron chi connectivity index (χ1n) is 8.75. The average Bonchev–Trinajstić information content (AvgIpc) is 3.09. The van der Waals surface area contributed by atoms with Crippen LogP contribution in [0.2, 0.25) is 0 Å². The predicted molar refractivity (Wildman–Crippen MR) is 98.5 cm³/mol. The molecule has 128 valence electrons. The maximum absolute atomic E-state index is 5.83. The van der Waals surface area contributed by atoms with Crippen molar-refractivity contribution in [2.75, 3.05) is 23.8 Å². The maximum atomic E-state index is 5.83. The first-order chi connectivity index (χ1) is 12.2. The molecule has 2 aliphatic rings. The molecule has 5 rings (SSSR count). The smallest absolute Gasteiger partial charge is 0.145 e. The molecule has 25 heavy (non-hydrogen) atoms. The first kappa shape index (κ1) is 14.7. The van der Waals surface area contributed by atoms with Gasteiger partial charge in [-0.25, -0.2) is 9.97 Å². The summed E-state index contributed by atoms with van der Waals surface area (Å²) in [4.78, 5) is 11.7. The molecule has 2 fully saturated rings. The number of benzene rings is 1. The van der Waals surface area contributed by atoms with E-state index in [4.69, 9.17) is 10.5 Å². The van der Waals surface area contributed by atoms with Crippen LogP contribution in [0.5, 0.6) is 0 Å². The van der Waals surface area contributed by atoms with Crippen LogP contribution >= 0.6 is 0 Å². The Balaban J connectivity index is 1.66. The number of morpholine rings is 1. The van der Waals surface area contributed by atoms with E-state index in [1.165, 1.54) is 12.8 Å². The zero-order valence-electron chi connectivity index (χ0n) is 14.2. The number of anilines is 2. The summed E-state index contributed by atoms with van der Waals surface area (Å²) in [6.45, 7) is 1.58. The Morgan fingerprint density at radius 3 is 2.52 bits per heavy atom. The van der Waals surface area contributed by atoms with E-state index in [0.29, 0.717) is 12.1 Å². The van der Waals surface area contributed by atoms with Gasteiger partial charge in [-0.3, -0.25) is 0 Å². The van der Waals surface area contributed by atoms with E-state index in [1.54, 1.807) is 6.33 Å². The van der Waals surface area contributed by atoms with Crippen LogP contribution in [-0.4, -0.2) is 39.8 Å². The standard InChI is InChI=1S/C19H21N5O/c1-23-17(12-2-4-13(20)5-3-12)8-16-18(23)21-11-22-19(16)24-14-6-7-15(24)10-25-9-14/h2-5,8,11,14-15H,6-7,9-10,20H2,1H3. The van der Waals surface area contributed by atoms with E-state index >= 15 is 0 Å². The number of aromatic nitrogens is 3. The van der Waals surface area contributed by atoms with E-state index in [0.717, 1.165) is 47.0 Å². The highest BCUT2D eigenvalue weighted by atomic mass is 16.5. The Hall–Kier alpha value is -2.60. The SMILES string of the molecule is Cn1c(-c2ccc(N)cc2)cc2c(N3C4CCC3COC4)ncnc21. The van der Waals surface area contributed by atoms with Gasteiger partial charge < -0.3 is 19.9 Å². The summed E-state index contributed by atoms with van der Waals surface area (Å²) in [6, 6.07) is 11.0. The third-order valence-electron chi connectivity index (χ3n) is 5.49. The second-order valence-corrected chi connectivity index (χ2v) is 6.97. The van der Waals surface area contributed by atoms with E-state index in [9.17, 15) is 0 Å². The van der Waals surface area contributed by atoms with Crippen molar-refractivity contribution in [2.45, 2.75) is 24.9 Å². The molecule has 2 bridgehead atoms. The lowest BCUT2D eigenvalue weighted by molar-refractivity contribution is 0.0904. The highest BCUT2D eigenvalue weighted by Crippen LogP contribution is 2.38. The molecule has 2 saturated heterocycles. The van der Waals surface area contributed by atoms with Crippen LogP contribution in [0.4, 0.5) is 11.5 Å². The third-order valence-corrected chi connectivity index (χ3v) is 5.49. The van der Waals surface area contributed by atoms with Crippen molar-refractivity contribution in [3.8, 4) is 11.3 Å². The number of nitrogens with two attached hydrogens (primary N) is 1. The first-order valence-corrected chi connectivity index (χ1v) is 8.75. The van der Waals surface area contributed by atoms with Gasteiger partial charge in [-0.2, -0.15) is 0 Å². The van der Waals surface area contributed by atoms with Crippen LogP contribution in [0.3, 0.4) is 0 Å². The van der Waals surface area contributed by atoms with Crippen molar-refractivity contribution in [1.82, 2.24) is 14.5 Å². The number of fused-ring (bicyclic) bond motifs is 3. The van der Waals surface area contributed by atoms with E-state index in [-0.39, 0.29) is 0 Å². The molecule has 0 aliphatic carbocycles. The zero-order valence-corrected chi connectivity index (χ0v) is 14.2. The quantitative estimate of drug-likeness (QED) is 0.729. The fraction of sp³-hybridized carbons (Fsp3) is 0.368. The van der Waals surface area contributed by atoms with Gasteiger partial charge >= 0.3 is 0 Å². The normalized spacial score (nSPS) is 22.7. The van der Waals surface area contributed by atoms with Crippen LogP contribution < -0.4 is 10.6 Å². The molecule has 2 N–H and O–H groups in total. The van der Waals surface area contributed by atoms with Crippen LogP contribution in [0, 0.1) is 0 Å². The van der Waals surface area contributed by atoms with Gasteiger partial charge in [-0.1, -0.05) is 12.1 Å². The number of aryl methyl sites for hydroxylation is 1. The second kappa shape index (κ2) is 5.46. The van der Waals surface area contributed by atoms with Gasteiger partial charge in [0.15, 0.2) is 0 Å². The summed E-state index contributed by atoms with van der Waals surface area (Å²) >= 11 is 0. The van der Waals surface area contributed by atoms with Gasteiger partial charge in [-0.05, 0) is 36.6 Å². The van der Waals surface area contributed by atoms with Crippen molar-refractivity contribution in [3.63, 3.8) is 0 Å². The van der Waals surface area contributed by atoms with Gasteiger partial charge in [-0.15, -0.1) is 0 Å². The molecule has 2 unspecified atom stereocenters. The van der Waals surface area contributed by atoms with Crippen molar-refractivity contribution >= 4 is 22.5 Å². The lowest BCUT2D eigenvalue weighted by atomic mass is 10.1. The van der Waals surface area contributed by atoms with Gasteiger partial charge in [0.25, 0.3) is 0 Å². The molecule has 0 amide bonds. The molecule has 2 atom stereocenters. The lowest BCUT2D eigenvalue weighted by Crippen LogP contribution is -2.46. The summed E-state index contributed by atoms with van der Waals surface area (Å²) in [7, 11) is 2.05. The van der Waals surface area contributed by atoms with Crippen molar-refractivity contribution in [2.24, 2.45) is 7.05 Å². The van der Waals surface area contributed by atoms with Gasteiger partial charge in [0, 0.05) is 12.7 Å². The number of nitrogen functional groups attached to an aromatic ring is 1. The number of hydrogen-bond acceptors (Lipinski definition) is 5. The van der Waals surface area contributed by atoms with Gasteiger partial charge in [0.05, 0.1) is 36.4 Å². The van der Waals surface area contributed by atoms with Gasteiger partial charge in [0.2, 0.25) is 0 Å². The molecule has 1 aromatic carbocycles. The fourth-order valence-corrected chi connectivity index (χ4v) is 4.23. The maximum Gasteiger partial charge on any atom is 0.145 e. The molecule has 6 nitrogen and oxygen atoms in total. The molecule has 2 aromatic heterocycles. The summed E-state index contributed by atoms with van der Waals surface area (Å²) in [5, 5.41) is 1.11. The number of hydrogen-bond donors (Lipinski definition) is 1. The lowest BCUT2D eigenvalue weighted by Gasteiger charge is -2.35. The predicted octanol–water partition coefficient (Wildman–Crippen LogP) is 2.59. The fourth-order valence-electron chi connectivity index (χ4n) is 4.23. The summed E-state index contributed by atoms with van der Waals surface area (Å²) in [5.41, 5.74) is 9.81. The topological polar surface area (TPSA) is 69.2 Å². The number of rotatable bonds is 2. The Bertz CT molecular complexity index is 917. The summed E-state index contributed by atoms with van der Waals surface area (Å²) in [6.07, 6.45) is 4.03. The van der Waals surface area contributed by atoms with Gasteiger partial charge in [0.1, 0.15) is 17.8 Å². The third kappa shape index (κ3) is 2.21. The summed E-state index contributed by atoms with van der Waals surface area (Å²) in [5.74, 6) is 1.04. The molecule has 6 heteroatoms. The highest BCUT2D eigenvalue weighted by Gasteiger charge is 2.39. The van der Waals surface area contributed by atoms with Crippen molar-refractivity contribution in [3.05, 3.63) is 36.7 Å². The highest BCUT2D eigenvalue weighted by molar-refractivity contribution is 5.93. The molecular formula is C19H21N5O. The van der Waals surface area contributed by atoms with Crippen molar-refractivity contribution in [1.29, 1.82) is 0 Å². The van der Waals surface area contributed by atoms with E-state index in [1.807, 2.05) is 12.1 Å². The van der Waals surface area contributed by atoms with Crippen LogP contribution in [-0.2, 0) is 11.8 Å². The largest absolute Gasteiger partial charge is 0.399 e.